The molecule has 3 aromatic rings. The Kier molecular flexibility index (Phi) is 5.72. The first kappa shape index (κ1) is 18.9. The second-order valence-electron chi connectivity index (χ2n) is 5.54. The van der Waals surface area contributed by atoms with Crippen LogP contribution >= 0.6 is 23.6 Å². The lowest BCUT2D eigenvalue weighted by atomic mass is 10.2. The van der Waals surface area contributed by atoms with Crippen molar-refractivity contribution in [2.24, 2.45) is 7.05 Å². The summed E-state index contributed by atoms with van der Waals surface area (Å²) in [5.74, 6) is -0.852. The number of aromatic amines is 1. The number of hydrogen-bond donors (Lipinski definition) is 3. The number of H-pyrrole nitrogens is 1. The van der Waals surface area contributed by atoms with E-state index < -0.39 is 11.7 Å². The van der Waals surface area contributed by atoms with Crippen LogP contribution in [0.4, 0.5) is 9.52 Å². The largest absolute Gasteiger partial charge is 0.348 e. The number of halogens is 1. The molecule has 0 fully saturated rings. The summed E-state index contributed by atoms with van der Waals surface area (Å²) in [7, 11) is 1.75. The molecule has 11 heteroatoms. The van der Waals surface area contributed by atoms with Gasteiger partial charge in [0.15, 0.2) is 15.7 Å². The number of rotatable bonds is 6. The Balaban J connectivity index is 1.55. The Labute approximate surface area is 162 Å². The number of carbonyl (C=O) groups is 2. The third-order valence-corrected chi connectivity index (χ3v) is 4.82. The number of nitrogens with zero attached hydrogens (tertiary/aromatic N) is 3. The minimum Gasteiger partial charge on any atom is -0.348 e. The Bertz CT molecular complexity index is 1040. The molecule has 0 saturated heterocycles. The Morgan fingerprint density at radius 3 is 2.85 bits per heavy atom. The molecule has 2 heterocycles. The van der Waals surface area contributed by atoms with E-state index in [0.717, 1.165) is 11.3 Å². The van der Waals surface area contributed by atoms with Gasteiger partial charge in [0.2, 0.25) is 5.91 Å². The van der Waals surface area contributed by atoms with Gasteiger partial charge in [0.25, 0.3) is 5.91 Å². The van der Waals surface area contributed by atoms with E-state index in [9.17, 15) is 14.0 Å². The van der Waals surface area contributed by atoms with Gasteiger partial charge in [-0.2, -0.15) is 5.10 Å². The first-order chi connectivity index (χ1) is 12.9. The fourth-order valence-electron chi connectivity index (χ4n) is 2.20. The number of benzene rings is 1. The summed E-state index contributed by atoms with van der Waals surface area (Å²) in [6, 6.07) is 5.67. The lowest BCUT2D eigenvalue weighted by molar-refractivity contribution is -0.120. The van der Waals surface area contributed by atoms with Gasteiger partial charge >= 0.3 is 0 Å². The Morgan fingerprint density at radius 2 is 2.15 bits per heavy atom. The molecule has 0 radical (unpaired) electrons. The second kappa shape index (κ2) is 8.18. The van der Waals surface area contributed by atoms with Crippen LogP contribution in [0.1, 0.15) is 21.9 Å². The number of hydrogen-bond acceptors (Lipinski definition) is 6. The van der Waals surface area contributed by atoms with Crippen LogP contribution in [0, 0.1) is 10.6 Å². The average molecular weight is 406 g/mol. The summed E-state index contributed by atoms with van der Waals surface area (Å²) >= 11 is 6.16. The normalized spacial score (nSPS) is 10.6. The zero-order valence-corrected chi connectivity index (χ0v) is 15.8. The minimum atomic E-state index is -0.611. The van der Waals surface area contributed by atoms with Crippen molar-refractivity contribution in [3.63, 3.8) is 0 Å². The van der Waals surface area contributed by atoms with Crippen LogP contribution in [-0.2, 0) is 24.8 Å². The zero-order chi connectivity index (χ0) is 19.4. The number of carbonyl (C=O) groups excluding carboxylic acids is 2. The molecule has 1 aromatic carbocycles. The fourth-order valence-corrected chi connectivity index (χ4v) is 3.05. The van der Waals surface area contributed by atoms with E-state index >= 15 is 0 Å². The summed E-state index contributed by atoms with van der Waals surface area (Å²) in [5.41, 5.74) is 0.427. The van der Waals surface area contributed by atoms with Gasteiger partial charge in [0.05, 0.1) is 24.2 Å². The highest BCUT2D eigenvalue weighted by Crippen LogP contribution is 2.17. The Morgan fingerprint density at radius 1 is 1.37 bits per heavy atom. The summed E-state index contributed by atoms with van der Waals surface area (Å²) in [5, 5.41) is 13.8. The van der Waals surface area contributed by atoms with E-state index in [1.807, 2.05) is 0 Å². The molecule has 0 aliphatic carbocycles. The quantitative estimate of drug-likeness (QED) is 0.544. The van der Waals surface area contributed by atoms with Crippen LogP contribution in [0.3, 0.4) is 0 Å². The molecular formula is C16H15FN6O2S2. The summed E-state index contributed by atoms with van der Waals surface area (Å²) in [6.45, 7) is 0.226. The van der Waals surface area contributed by atoms with Crippen LogP contribution in [0.15, 0.2) is 29.6 Å². The van der Waals surface area contributed by atoms with Crippen molar-refractivity contribution < 1.29 is 14.0 Å². The minimum absolute atomic E-state index is 0.0426. The molecule has 0 unspecified atom stereocenters. The van der Waals surface area contributed by atoms with Crippen molar-refractivity contribution in [2.45, 2.75) is 13.0 Å². The molecular weight excluding hydrogens is 391 g/mol. The van der Waals surface area contributed by atoms with E-state index in [1.54, 1.807) is 23.1 Å². The van der Waals surface area contributed by atoms with Crippen molar-refractivity contribution in [1.29, 1.82) is 0 Å². The SMILES string of the molecule is Cn1c(CNC(=O)Cc2csc(NC(=O)c3ccccc3F)n2)n[nH]c1=S. The van der Waals surface area contributed by atoms with E-state index in [2.05, 4.69) is 25.8 Å². The van der Waals surface area contributed by atoms with Crippen molar-refractivity contribution in [3.8, 4) is 0 Å². The monoisotopic (exact) mass is 406 g/mol. The van der Waals surface area contributed by atoms with Gasteiger partial charge in [-0.1, -0.05) is 12.1 Å². The van der Waals surface area contributed by atoms with Crippen LogP contribution in [0.5, 0.6) is 0 Å². The van der Waals surface area contributed by atoms with Crippen molar-refractivity contribution in [2.75, 3.05) is 5.32 Å². The molecule has 0 aliphatic rings. The van der Waals surface area contributed by atoms with Crippen LogP contribution in [0.2, 0.25) is 0 Å². The van der Waals surface area contributed by atoms with Gasteiger partial charge in [0, 0.05) is 12.4 Å². The van der Waals surface area contributed by atoms with E-state index in [0.29, 0.717) is 21.4 Å². The third kappa shape index (κ3) is 4.63. The Hall–Kier alpha value is -2.92. The number of aromatic nitrogens is 4. The summed E-state index contributed by atoms with van der Waals surface area (Å²) < 4.78 is 15.8. The number of anilines is 1. The van der Waals surface area contributed by atoms with E-state index in [1.165, 1.54) is 18.2 Å². The molecule has 2 amide bonds. The zero-order valence-electron chi connectivity index (χ0n) is 14.2. The average Bonchev–Trinajstić information content (AvgIpc) is 3.20. The van der Waals surface area contributed by atoms with Gasteiger partial charge < -0.3 is 9.88 Å². The molecule has 0 bridgehead atoms. The van der Waals surface area contributed by atoms with Gasteiger partial charge in [-0.15, -0.1) is 11.3 Å². The van der Waals surface area contributed by atoms with Gasteiger partial charge in [-0.3, -0.25) is 20.0 Å². The van der Waals surface area contributed by atoms with Crippen LogP contribution in [-0.4, -0.2) is 31.6 Å². The smallest absolute Gasteiger partial charge is 0.260 e. The van der Waals surface area contributed by atoms with Gasteiger partial charge in [-0.05, 0) is 24.4 Å². The highest BCUT2D eigenvalue weighted by Gasteiger charge is 2.14. The maximum atomic E-state index is 13.6. The first-order valence-electron chi connectivity index (χ1n) is 7.81. The highest BCUT2D eigenvalue weighted by atomic mass is 32.1. The standard InChI is InChI=1S/C16H15FN6O2S2/c1-23-12(21-22-16(23)26)7-18-13(24)6-9-8-27-15(19-9)20-14(25)10-4-2-3-5-11(10)17/h2-5,8H,6-7H2,1H3,(H,18,24)(H,22,26)(H,19,20,25). The second-order valence-corrected chi connectivity index (χ2v) is 6.78. The molecule has 2 aromatic heterocycles. The predicted octanol–water partition coefficient (Wildman–Crippen LogP) is 2.18. The lowest BCUT2D eigenvalue weighted by Gasteiger charge is -2.04. The molecule has 0 atom stereocenters. The molecule has 27 heavy (non-hydrogen) atoms. The molecule has 3 N–H and O–H groups in total. The molecule has 8 nitrogen and oxygen atoms in total. The van der Waals surface area contributed by atoms with Crippen molar-refractivity contribution >= 4 is 40.5 Å². The topological polar surface area (TPSA) is 105 Å². The number of thiazole rings is 1. The number of amides is 2. The highest BCUT2D eigenvalue weighted by molar-refractivity contribution is 7.71. The maximum absolute atomic E-state index is 13.6. The summed E-state index contributed by atoms with van der Waals surface area (Å²) in [6.07, 6.45) is 0.0426. The first-order valence-corrected chi connectivity index (χ1v) is 9.10. The van der Waals surface area contributed by atoms with Crippen LogP contribution in [0.25, 0.3) is 0 Å². The molecule has 0 spiro atoms. The molecule has 0 saturated carbocycles. The molecule has 0 aliphatic heterocycles. The lowest BCUT2D eigenvalue weighted by Crippen LogP contribution is -2.26. The summed E-state index contributed by atoms with van der Waals surface area (Å²) in [4.78, 5) is 28.3. The predicted molar refractivity (Wildman–Crippen MR) is 100 cm³/mol. The number of nitrogens with one attached hydrogen (secondary N) is 3. The van der Waals surface area contributed by atoms with Crippen molar-refractivity contribution in [1.82, 2.24) is 25.1 Å². The van der Waals surface area contributed by atoms with Gasteiger partial charge in [-0.25, -0.2) is 9.37 Å². The van der Waals surface area contributed by atoms with E-state index in [4.69, 9.17) is 12.2 Å². The van der Waals surface area contributed by atoms with Gasteiger partial charge in [0.1, 0.15) is 5.82 Å². The fraction of sp³-hybridized carbons (Fsp3) is 0.188. The van der Waals surface area contributed by atoms with E-state index in [-0.39, 0.29) is 24.4 Å². The maximum Gasteiger partial charge on any atom is 0.260 e. The third-order valence-electron chi connectivity index (χ3n) is 3.65. The van der Waals surface area contributed by atoms with Crippen LogP contribution < -0.4 is 10.6 Å². The van der Waals surface area contributed by atoms with Crippen molar-refractivity contribution in [3.05, 3.63) is 57.3 Å². The molecule has 3 rings (SSSR count). The molecule has 140 valence electrons.